The first-order chi connectivity index (χ1) is 16.0. The van der Waals surface area contributed by atoms with Gasteiger partial charge >= 0.3 is 5.97 Å². The quantitative estimate of drug-likeness (QED) is 0.169. The number of rotatable bonds is 5. The molecule has 0 aliphatic carbocycles. The Hall–Kier alpha value is -4.23. The molecular formula is C25H16ClN3O4. The number of non-ortho nitro benzene ring substituents is 1. The van der Waals surface area contributed by atoms with E-state index in [2.05, 4.69) is 4.99 Å². The van der Waals surface area contributed by atoms with Crippen molar-refractivity contribution in [2.24, 2.45) is 4.99 Å². The second-order valence-electron chi connectivity index (χ2n) is 7.47. The number of hydrogen-bond acceptors (Lipinski definition) is 5. The second kappa shape index (κ2) is 8.37. The Morgan fingerprint density at radius 2 is 1.76 bits per heavy atom. The van der Waals surface area contributed by atoms with Crippen LogP contribution in [0.4, 0.5) is 5.69 Å². The fraction of sp³-hybridized carbons (Fsp3) is 0.0400. The Balaban J connectivity index is 1.51. The molecule has 3 aromatic carbocycles. The fourth-order valence-electron chi connectivity index (χ4n) is 3.75. The standard InChI is InChI=1S/C25H16ClN3O4/c26-21-7-3-1-6-20(21)24-27-22(25(30)33-24)13-17-15-28(23-8-4-2-5-19(17)23)14-16-9-11-18(12-10-16)29(31)32/h1-13,15H,14H2/b22-13+. The van der Waals surface area contributed by atoms with Gasteiger partial charge in [0.25, 0.3) is 5.69 Å². The molecule has 0 saturated heterocycles. The maximum absolute atomic E-state index is 12.5. The molecule has 0 N–H and O–H groups in total. The fourth-order valence-corrected chi connectivity index (χ4v) is 3.96. The number of ether oxygens (including phenoxy) is 1. The number of carbonyl (C=O) groups is 1. The van der Waals surface area contributed by atoms with Crippen LogP contribution in [0.15, 0.2) is 89.7 Å². The van der Waals surface area contributed by atoms with Crippen LogP contribution in [-0.4, -0.2) is 21.4 Å². The van der Waals surface area contributed by atoms with Crippen molar-refractivity contribution < 1.29 is 14.5 Å². The summed E-state index contributed by atoms with van der Waals surface area (Å²) in [6.45, 7) is 0.514. The largest absolute Gasteiger partial charge is 0.402 e. The minimum atomic E-state index is -0.544. The van der Waals surface area contributed by atoms with Crippen molar-refractivity contribution in [1.82, 2.24) is 4.57 Å². The molecule has 1 aliphatic rings. The van der Waals surface area contributed by atoms with E-state index in [0.717, 1.165) is 22.0 Å². The molecule has 0 amide bonds. The molecule has 8 heteroatoms. The molecule has 1 aromatic heterocycles. The van der Waals surface area contributed by atoms with Crippen molar-refractivity contribution in [3.8, 4) is 0 Å². The van der Waals surface area contributed by atoms with Gasteiger partial charge in [-0.1, -0.05) is 54.1 Å². The zero-order chi connectivity index (χ0) is 22.9. The molecular weight excluding hydrogens is 442 g/mol. The van der Waals surface area contributed by atoms with Gasteiger partial charge in [0, 0.05) is 41.3 Å². The molecule has 1 aliphatic heterocycles. The minimum Gasteiger partial charge on any atom is -0.402 e. The lowest BCUT2D eigenvalue weighted by molar-refractivity contribution is -0.384. The SMILES string of the molecule is O=C1OC(c2ccccc2Cl)=N/C1=C/c1cn(Cc2ccc([N+](=O)[O-])cc2)c2ccccc12. The van der Waals surface area contributed by atoms with E-state index in [0.29, 0.717) is 17.1 Å². The molecule has 0 unspecified atom stereocenters. The van der Waals surface area contributed by atoms with E-state index in [1.54, 1.807) is 42.5 Å². The van der Waals surface area contributed by atoms with Gasteiger partial charge in [-0.05, 0) is 29.8 Å². The molecule has 7 nitrogen and oxygen atoms in total. The van der Waals surface area contributed by atoms with Crippen molar-refractivity contribution in [3.63, 3.8) is 0 Å². The van der Waals surface area contributed by atoms with Crippen molar-refractivity contribution in [1.29, 1.82) is 0 Å². The summed E-state index contributed by atoms with van der Waals surface area (Å²) in [5.74, 6) is -0.372. The summed E-state index contributed by atoms with van der Waals surface area (Å²) in [5.41, 5.74) is 3.47. The highest BCUT2D eigenvalue weighted by Crippen LogP contribution is 2.28. The Labute approximate surface area is 193 Å². The first kappa shape index (κ1) is 20.7. The molecule has 0 radical (unpaired) electrons. The van der Waals surface area contributed by atoms with E-state index in [1.807, 2.05) is 35.0 Å². The van der Waals surface area contributed by atoms with Gasteiger partial charge < -0.3 is 9.30 Å². The van der Waals surface area contributed by atoms with Gasteiger partial charge in [-0.2, -0.15) is 0 Å². The van der Waals surface area contributed by atoms with Crippen LogP contribution >= 0.6 is 11.6 Å². The Morgan fingerprint density at radius 1 is 1.03 bits per heavy atom. The Kier molecular flexibility index (Phi) is 5.24. The van der Waals surface area contributed by atoms with Crippen molar-refractivity contribution >= 4 is 46.1 Å². The van der Waals surface area contributed by atoms with Crippen LogP contribution in [0, 0.1) is 10.1 Å². The summed E-state index contributed by atoms with van der Waals surface area (Å²) in [5, 5.41) is 12.3. The maximum Gasteiger partial charge on any atom is 0.363 e. The number of aromatic nitrogens is 1. The Bertz CT molecular complexity index is 1470. The summed E-state index contributed by atoms with van der Waals surface area (Å²) in [6, 6.07) is 21.3. The van der Waals surface area contributed by atoms with Crippen LogP contribution in [0.5, 0.6) is 0 Å². The number of esters is 1. The number of para-hydroxylation sites is 1. The summed E-state index contributed by atoms with van der Waals surface area (Å²) >= 11 is 6.21. The number of aliphatic imine (C=N–C) groups is 1. The number of nitrogens with zero attached hydrogens (tertiary/aromatic N) is 3. The highest BCUT2D eigenvalue weighted by molar-refractivity contribution is 6.34. The highest BCUT2D eigenvalue weighted by atomic mass is 35.5. The van der Waals surface area contributed by atoms with Crippen LogP contribution in [0.2, 0.25) is 5.02 Å². The average Bonchev–Trinajstić information content (AvgIpc) is 3.35. The third-order valence-corrected chi connectivity index (χ3v) is 5.67. The molecule has 4 aromatic rings. The van der Waals surface area contributed by atoms with Crippen LogP contribution < -0.4 is 0 Å². The van der Waals surface area contributed by atoms with Gasteiger partial charge in [0.15, 0.2) is 5.70 Å². The topological polar surface area (TPSA) is 86.7 Å². The number of fused-ring (bicyclic) bond motifs is 1. The summed E-state index contributed by atoms with van der Waals surface area (Å²) < 4.78 is 7.38. The third-order valence-electron chi connectivity index (χ3n) is 5.34. The summed E-state index contributed by atoms with van der Waals surface area (Å²) in [4.78, 5) is 27.3. The van der Waals surface area contributed by atoms with Gasteiger partial charge in [-0.25, -0.2) is 9.79 Å². The zero-order valence-electron chi connectivity index (χ0n) is 17.1. The second-order valence-corrected chi connectivity index (χ2v) is 7.88. The van der Waals surface area contributed by atoms with Gasteiger partial charge in [-0.3, -0.25) is 10.1 Å². The van der Waals surface area contributed by atoms with Crippen LogP contribution in [0.25, 0.3) is 17.0 Å². The summed E-state index contributed by atoms with van der Waals surface area (Å²) in [7, 11) is 0. The van der Waals surface area contributed by atoms with E-state index < -0.39 is 10.9 Å². The van der Waals surface area contributed by atoms with E-state index in [-0.39, 0.29) is 17.3 Å². The van der Waals surface area contributed by atoms with Gasteiger partial charge in [0.2, 0.25) is 5.90 Å². The van der Waals surface area contributed by atoms with E-state index in [4.69, 9.17) is 16.3 Å². The number of nitro benzene ring substituents is 1. The van der Waals surface area contributed by atoms with Crippen LogP contribution in [-0.2, 0) is 16.1 Å². The van der Waals surface area contributed by atoms with E-state index in [9.17, 15) is 14.9 Å². The minimum absolute atomic E-state index is 0.0495. The van der Waals surface area contributed by atoms with Crippen molar-refractivity contribution in [2.75, 3.05) is 0 Å². The van der Waals surface area contributed by atoms with Gasteiger partial charge in [0.1, 0.15) is 0 Å². The number of cyclic esters (lactones) is 1. The molecule has 162 valence electrons. The van der Waals surface area contributed by atoms with Gasteiger partial charge in [-0.15, -0.1) is 0 Å². The number of hydrogen-bond donors (Lipinski definition) is 0. The smallest absolute Gasteiger partial charge is 0.363 e. The van der Waals surface area contributed by atoms with Crippen LogP contribution in [0.1, 0.15) is 16.7 Å². The van der Waals surface area contributed by atoms with Crippen LogP contribution in [0.3, 0.4) is 0 Å². The number of nitro groups is 1. The predicted molar refractivity (Wildman–Crippen MR) is 126 cm³/mol. The molecule has 0 spiro atoms. The molecule has 0 fully saturated rings. The number of carbonyl (C=O) groups excluding carboxylic acids is 1. The summed E-state index contributed by atoms with van der Waals surface area (Å²) in [6.07, 6.45) is 3.62. The van der Waals surface area contributed by atoms with Crippen molar-refractivity contribution in [2.45, 2.75) is 6.54 Å². The molecule has 2 heterocycles. The third kappa shape index (κ3) is 4.02. The average molecular weight is 458 g/mol. The highest BCUT2D eigenvalue weighted by Gasteiger charge is 2.26. The molecule has 0 atom stereocenters. The van der Waals surface area contributed by atoms with E-state index in [1.165, 1.54) is 12.1 Å². The van der Waals surface area contributed by atoms with E-state index >= 15 is 0 Å². The zero-order valence-corrected chi connectivity index (χ0v) is 17.9. The first-order valence-corrected chi connectivity index (χ1v) is 10.5. The number of halogens is 1. The molecule has 0 bridgehead atoms. The normalized spacial score (nSPS) is 14.5. The molecule has 5 rings (SSSR count). The number of benzene rings is 3. The first-order valence-electron chi connectivity index (χ1n) is 10.1. The predicted octanol–water partition coefficient (Wildman–Crippen LogP) is 5.60. The lowest BCUT2D eigenvalue weighted by Crippen LogP contribution is -2.05. The molecule has 33 heavy (non-hydrogen) atoms. The maximum atomic E-state index is 12.5. The van der Waals surface area contributed by atoms with Crippen molar-refractivity contribution in [3.05, 3.63) is 117 Å². The molecule has 0 saturated carbocycles. The lowest BCUT2D eigenvalue weighted by atomic mass is 10.1. The van der Waals surface area contributed by atoms with Gasteiger partial charge in [0.05, 0.1) is 15.5 Å². The Morgan fingerprint density at radius 3 is 2.52 bits per heavy atom. The lowest BCUT2D eigenvalue weighted by Gasteiger charge is -2.05. The monoisotopic (exact) mass is 457 g/mol.